The summed E-state index contributed by atoms with van der Waals surface area (Å²) in [4.78, 5) is 17.8. The average Bonchev–Trinajstić information content (AvgIpc) is 3.37. The molecule has 5 aromatic rings. The monoisotopic (exact) mass is 464 g/mol. The summed E-state index contributed by atoms with van der Waals surface area (Å²) in [5, 5.41) is 15.0. The van der Waals surface area contributed by atoms with Crippen molar-refractivity contribution in [2.45, 2.75) is 20.1 Å². The Bertz CT molecular complexity index is 1540. The van der Waals surface area contributed by atoms with Crippen molar-refractivity contribution in [1.29, 1.82) is 0 Å². The van der Waals surface area contributed by atoms with Crippen LogP contribution in [-0.2, 0) is 13.2 Å². The number of hydrogen-bond donors (Lipinski definition) is 1. The van der Waals surface area contributed by atoms with Crippen molar-refractivity contribution in [3.05, 3.63) is 99.1 Å². The van der Waals surface area contributed by atoms with Gasteiger partial charge in [0.1, 0.15) is 22.8 Å². The van der Waals surface area contributed by atoms with E-state index in [1.54, 1.807) is 43.6 Å². The third-order valence-electron chi connectivity index (χ3n) is 5.42. The Morgan fingerprint density at radius 2 is 1.91 bits per heavy atom. The van der Waals surface area contributed by atoms with Crippen molar-refractivity contribution in [3.8, 4) is 22.7 Å². The Hall–Kier alpha value is -3.75. The highest BCUT2D eigenvalue weighted by Gasteiger charge is 2.19. The first-order chi connectivity index (χ1) is 15.9. The fourth-order valence-electron chi connectivity index (χ4n) is 3.74. The van der Waals surface area contributed by atoms with Gasteiger partial charge in [-0.15, -0.1) is 0 Å². The van der Waals surface area contributed by atoms with Crippen LogP contribution in [0, 0.1) is 12.7 Å². The van der Waals surface area contributed by atoms with E-state index in [2.05, 4.69) is 10.1 Å². The van der Waals surface area contributed by atoms with E-state index in [1.807, 2.05) is 12.1 Å². The zero-order valence-corrected chi connectivity index (χ0v) is 18.3. The van der Waals surface area contributed by atoms with Gasteiger partial charge in [-0.3, -0.25) is 4.79 Å². The molecule has 33 heavy (non-hydrogen) atoms. The molecule has 0 fully saturated rings. The summed E-state index contributed by atoms with van der Waals surface area (Å²) in [7, 11) is 0. The third-order valence-corrected chi connectivity index (χ3v) is 5.67. The molecule has 0 bridgehead atoms. The maximum atomic E-state index is 13.7. The third kappa shape index (κ3) is 3.83. The highest BCUT2D eigenvalue weighted by atomic mass is 35.5. The summed E-state index contributed by atoms with van der Waals surface area (Å²) in [6.07, 6.45) is 3.21. The van der Waals surface area contributed by atoms with E-state index in [9.17, 15) is 14.3 Å². The van der Waals surface area contributed by atoms with Crippen LogP contribution in [0.25, 0.3) is 28.2 Å². The molecule has 3 aromatic heterocycles. The number of nitrogens with zero attached hydrogens (tertiary/aromatic N) is 4. The zero-order valence-electron chi connectivity index (χ0n) is 17.5. The van der Waals surface area contributed by atoms with Crippen molar-refractivity contribution < 1.29 is 13.9 Å². The number of rotatable bonds is 5. The van der Waals surface area contributed by atoms with Crippen LogP contribution < -0.4 is 5.56 Å². The topological polar surface area (TPSA) is 85.6 Å². The van der Waals surface area contributed by atoms with Crippen LogP contribution in [0.3, 0.4) is 0 Å². The fraction of sp³-hybridized carbons (Fsp3) is 0.125. The molecule has 9 heteroatoms. The van der Waals surface area contributed by atoms with Gasteiger partial charge in [0, 0.05) is 34.1 Å². The Morgan fingerprint density at radius 3 is 2.64 bits per heavy atom. The first-order valence-electron chi connectivity index (χ1n) is 10.1. The van der Waals surface area contributed by atoms with E-state index in [1.165, 1.54) is 21.2 Å². The predicted octanol–water partition coefficient (Wildman–Crippen LogP) is 4.46. The van der Waals surface area contributed by atoms with Gasteiger partial charge in [-0.2, -0.15) is 5.10 Å². The Morgan fingerprint density at radius 1 is 1.12 bits per heavy atom. The van der Waals surface area contributed by atoms with Crippen LogP contribution in [0.4, 0.5) is 4.39 Å². The SMILES string of the molecule is Cc1oc(-c2ccc(Cl)cc2)nc1Cn1ccn2nc(-c3cccc(F)c3)c(CO)c2c1=O. The van der Waals surface area contributed by atoms with Gasteiger partial charge in [-0.1, -0.05) is 23.7 Å². The van der Waals surface area contributed by atoms with Gasteiger partial charge in [0.2, 0.25) is 5.89 Å². The van der Waals surface area contributed by atoms with E-state index >= 15 is 0 Å². The smallest absolute Gasteiger partial charge is 0.277 e. The van der Waals surface area contributed by atoms with E-state index in [4.69, 9.17) is 16.0 Å². The fourth-order valence-corrected chi connectivity index (χ4v) is 3.87. The van der Waals surface area contributed by atoms with E-state index in [0.29, 0.717) is 39.2 Å². The molecule has 0 unspecified atom stereocenters. The number of aromatic nitrogens is 4. The summed E-state index contributed by atoms with van der Waals surface area (Å²) in [5.41, 5.74) is 2.41. The highest BCUT2D eigenvalue weighted by molar-refractivity contribution is 6.30. The van der Waals surface area contributed by atoms with Gasteiger partial charge in [0.15, 0.2) is 0 Å². The number of oxazole rings is 1. The van der Waals surface area contributed by atoms with E-state index in [0.717, 1.165) is 5.56 Å². The number of aliphatic hydroxyl groups excluding tert-OH is 1. The number of aliphatic hydroxyl groups is 1. The van der Waals surface area contributed by atoms with E-state index in [-0.39, 0.29) is 17.6 Å². The molecule has 0 aliphatic carbocycles. The van der Waals surface area contributed by atoms with Crippen molar-refractivity contribution in [2.24, 2.45) is 0 Å². The summed E-state index contributed by atoms with van der Waals surface area (Å²) >= 11 is 5.95. The van der Waals surface area contributed by atoms with Crippen LogP contribution >= 0.6 is 11.6 Å². The summed E-state index contributed by atoms with van der Waals surface area (Å²) < 4.78 is 22.4. The van der Waals surface area contributed by atoms with Crippen LogP contribution in [0.2, 0.25) is 5.02 Å². The number of fused-ring (bicyclic) bond motifs is 1. The van der Waals surface area contributed by atoms with Crippen molar-refractivity contribution in [2.75, 3.05) is 0 Å². The van der Waals surface area contributed by atoms with E-state index < -0.39 is 12.4 Å². The highest BCUT2D eigenvalue weighted by Crippen LogP contribution is 2.26. The number of halogens is 2. The molecule has 0 radical (unpaired) electrons. The maximum Gasteiger partial charge on any atom is 0.277 e. The van der Waals surface area contributed by atoms with Crippen LogP contribution in [0.5, 0.6) is 0 Å². The number of hydrogen-bond acceptors (Lipinski definition) is 5. The second-order valence-electron chi connectivity index (χ2n) is 7.55. The Kier molecular flexibility index (Phi) is 5.32. The first-order valence-corrected chi connectivity index (χ1v) is 10.5. The normalized spacial score (nSPS) is 11.4. The average molecular weight is 465 g/mol. The molecule has 0 saturated carbocycles. The minimum absolute atomic E-state index is 0.170. The largest absolute Gasteiger partial charge is 0.441 e. The molecule has 3 heterocycles. The van der Waals surface area contributed by atoms with Gasteiger partial charge in [0.05, 0.1) is 18.8 Å². The van der Waals surface area contributed by atoms with Crippen molar-refractivity contribution in [1.82, 2.24) is 19.2 Å². The maximum absolute atomic E-state index is 13.7. The second kappa shape index (κ2) is 8.31. The summed E-state index contributed by atoms with van der Waals surface area (Å²) in [6, 6.07) is 13.0. The Balaban J connectivity index is 1.56. The van der Waals surface area contributed by atoms with Crippen molar-refractivity contribution >= 4 is 17.1 Å². The summed E-state index contributed by atoms with van der Waals surface area (Å²) in [6.45, 7) is 1.53. The molecular weight excluding hydrogens is 447 g/mol. The van der Waals surface area contributed by atoms with Crippen LogP contribution in [0.15, 0.2) is 70.1 Å². The standard InChI is InChI=1S/C24H18ClFN4O3/c1-14-20(27-23(33-14)15-5-7-17(25)8-6-15)12-29-9-10-30-22(24(29)32)19(13-31)21(28-30)16-3-2-4-18(26)11-16/h2-11,31H,12-13H2,1H3. The molecule has 2 aromatic carbocycles. The minimum atomic E-state index is -0.427. The molecule has 5 rings (SSSR count). The summed E-state index contributed by atoms with van der Waals surface area (Å²) in [5.74, 6) is 0.592. The van der Waals surface area contributed by atoms with Crippen LogP contribution in [0.1, 0.15) is 17.0 Å². The minimum Gasteiger partial charge on any atom is -0.441 e. The molecule has 0 amide bonds. The molecule has 0 spiro atoms. The molecule has 1 N–H and O–H groups in total. The Labute approximate surface area is 192 Å². The van der Waals surface area contributed by atoms with Gasteiger partial charge >= 0.3 is 0 Å². The molecule has 0 aliphatic heterocycles. The molecular formula is C24H18ClFN4O3. The van der Waals surface area contributed by atoms with Crippen molar-refractivity contribution in [3.63, 3.8) is 0 Å². The van der Waals surface area contributed by atoms with Gasteiger partial charge in [-0.05, 0) is 43.3 Å². The molecule has 0 saturated heterocycles. The second-order valence-corrected chi connectivity index (χ2v) is 7.99. The van der Waals surface area contributed by atoms with Gasteiger partial charge < -0.3 is 14.1 Å². The lowest BCUT2D eigenvalue weighted by atomic mass is 10.1. The molecule has 0 aliphatic rings. The van der Waals surface area contributed by atoms with Gasteiger partial charge in [-0.25, -0.2) is 13.9 Å². The zero-order chi connectivity index (χ0) is 23.1. The first kappa shape index (κ1) is 21.1. The predicted molar refractivity (Wildman–Crippen MR) is 122 cm³/mol. The lowest BCUT2D eigenvalue weighted by Gasteiger charge is -2.05. The molecule has 166 valence electrons. The quantitative estimate of drug-likeness (QED) is 0.415. The van der Waals surface area contributed by atoms with Gasteiger partial charge in [0.25, 0.3) is 5.56 Å². The molecule has 7 nitrogen and oxygen atoms in total. The number of aryl methyl sites for hydroxylation is 1. The van der Waals surface area contributed by atoms with Crippen LogP contribution in [-0.4, -0.2) is 24.3 Å². The lowest BCUT2D eigenvalue weighted by Crippen LogP contribution is -2.23. The molecule has 0 atom stereocenters. The number of benzene rings is 2. The lowest BCUT2D eigenvalue weighted by molar-refractivity contribution is 0.283.